The number of carbonyl (C=O) groups is 1. The molecule has 0 radical (unpaired) electrons. The Morgan fingerprint density at radius 3 is 2.65 bits per heavy atom. The average Bonchev–Trinajstić information content (AvgIpc) is 3.17. The van der Waals surface area contributed by atoms with Gasteiger partial charge in [0, 0.05) is 37.5 Å². The lowest BCUT2D eigenvalue weighted by Crippen LogP contribution is -2.48. The molecular formula is C24H28N4O2S. The van der Waals surface area contributed by atoms with E-state index in [0.29, 0.717) is 13.0 Å². The zero-order valence-corrected chi connectivity index (χ0v) is 18.5. The van der Waals surface area contributed by atoms with Crippen LogP contribution in [0, 0.1) is 0 Å². The van der Waals surface area contributed by atoms with Gasteiger partial charge in [-0.1, -0.05) is 30.3 Å². The second kappa shape index (κ2) is 8.93. The SMILES string of the molecule is O=C(CCc1ccccc1)N1CCN(Cc2nc3sc4c(c3c(=O)[nH]2)CCCC4)CC1. The van der Waals surface area contributed by atoms with Crippen molar-refractivity contribution < 1.29 is 4.79 Å². The van der Waals surface area contributed by atoms with E-state index < -0.39 is 0 Å². The van der Waals surface area contributed by atoms with E-state index in [1.807, 2.05) is 23.1 Å². The van der Waals surface area contributed by atoms with Crippen LogP contribution in [0.3, 0.4) is 0 Å². The van der Waals surface area contributed by atoms with Crippen molar-refractivity contribution in [2.75, 3.05) is 26.2 Å². The summed E-state index contributed by atoms with van der Waals surface area (Å²) in [5, 5.41) is 0.817. The number of nitrogens with zero attached hydrogens (tertiary/aromatic N) is 3. The van der Waals surface area contributed by atoms with Gasteiger partial charge in [-0.2, -0.15) is 0 Å². The highest BCUT2D eigenvalue weighted by molar-refractivity contribution is 7.18. The van der Waals surface area contributed by atoms with Crippen LogP contribution in [0.15, 0.2) is 35.1 Å². The summed E-state index contributed by atoms with van der Waals surface area (Å²) < 4.78 is 0. The van der Waals surface area contributed by atoms with Crippen LogP contribution in [0.4, 0.5) is 0 Å². The molecular weight excluding hydrogens is 408 g/mol. The summed E-state index contributed by atoms with van der Waals surface area (Å²) in [6, 6.07) is 10.2. The molecule has 3 heterocycles. The maximum absolute atomic E-state index is 12.7. The third kappa shape index (κ3) is 4.43. The topological polar surface area (TPSA) is 69.3 Å². The van der Waals surface area contributed by atoms with Gasteiger partial charge in [0.25, 0.3) is 5.56 Å². The quantitative estimate of drug-likeness (QED) is 0.667. The van der Waals surface area contributed by atoms with E-state index in [-0.39, 0.29) is 11.5 Å². The minimum absolute atomic E-state index is 0.00845. The number of amides is 1. The maximum atomic E-state index is 12.7. The summed E-state index contributed by atoms with van der Waals surface area (Å²) in [5.74, 6) is 0.959. The van der Waals surface area contributed by atoms with Crippen LogP contribution in [0.2, 0.25) is 0 Å². The lowest BCUT2D eigenvalue weighted by molar-refractivity contribution is -0.133. The zero-order chi connectivity index (χ0) is 21.2. The Kier molecular flexibility index (Phi) is 5.87. The molecule has 1 N–H and O–H groups in total. The second-order valence-corrected chi connectivity index (χ2v) is 9.63. The molecule has 1 aliphatic heterocycles. The zero-order valence-electron chi connectivity index (χ0n) is 17.7. The number of aromatic amines is 1. The number of rotatable bonds is 5. The van der Waals surface area contributed by atoms with E-state index in [4.69, 9.17) is 4.98 Å². The molecule has 0 saturated carbocycles. The first kappa shape index (κ1) is 20.4. The Bertz CT molecular complexity index is 1130. The van der Waals surface area contributed by atoms with Crippen molar-refractivity contribution in [2.24, 2.45) is 0 Å². The van der Waals surface area contributed by atoms with E-state index >= 15 is 0 Å². The lowest BCUT2D eigenvalue weighted by atomic mass is 9.97. The first-order valence-corrected chi connectivity index (χ1v) is 12.1. The summed E-state index contributed by atoms with van der Waals surface area (Å²) in [6.45, 7) is 3.69. The van der Waals surface area contributed by atoms with Crippen molar-refractivity contribution in [3.63, 3.8) is 0 Å². The van der Waals surface area contributed by atoms with E-state index in [1.165, 1.54) is 22.4 Å². The van der Waals surface area contributed by atoms with E-state index in [1.54, 1.807) is 11.3 Å². The van der Waals surface area contributed by atoms with Crippen molar-refractivity contribution >= 4 is 27.5 Å². The Balaban J connectivity index is 1.18. The predicted octanol–water partition coefficient (Wildman–Crippen LogP) is 3.14. The van der Waals surface area contributed by atoms with Crippen LogP contribution in [-0.2, 0) is 30.6 Å². The van der Waals surface area contributed by atoms with Crippen molar-refractivity contribution in [2.45, 2.75) is 45.1 Å². The minimum Gasteiger partial charge on any atom is -0.340 e. The van der Waals surface area contributed by atoms with Crippen molar-refractivity contribution in [1.82, 2.24) is 19.8 Å². The molecule has 0 bridgehead atoms. The standard InChI is InChI=1S/C24H28N4O2S/c29-21(11-10-17-6-2-1-3-7-17)28-14-12-27(13-15-28)16-20-25-23(30)22-18-8-4-5-9-19(18)31-24(22)26-20/h1-3,6-7H,4-5,8-16H2,(H,25,26,30). The number of H-pyrrole nitrogens is 1. The molecule has 1 aliphatic carbocycles. The van der Waals surface area contributed by atoms with Crippen LogP contribution in [0.25, 0.3) is 10.2 Å². The van der Waals surface area contributed by atoms with Crippen molar-refractivity contribution in [1.29, 1.82) is 0 Å². The molecule has 2 aromatic heterocycles. The number of hydrogen-bond acceptors (Lipinski definition) is 5. The van der Waals surface area contributed by atoms with Gasteiger partial charge in [0.05, 0.1) is 11.9 Å². The fraction of sp³-hybridized carbons (Fsp3) is 0.458. The second-order valence-electron chi connectivity index (χ2n) is 8.55. The highest BCUT2D eigenvalue weighted by Crippen LogP contribution is 2.33. The summed E-state index contributed by atoms with van der Waals surface area (Å²) in [5.41, 5.74) is 2.44. The smallest absolute Gasteiger partial charge is 0.259 e. The van der Waals surface area contributed by atoms with Gasteiger partial charge in [-0.25, -0.2) is 4.98 Å². The molecule has 6 nitrogen and oxygen atoms in total. The largest absolute Gasteiger partial charge is 0.340 e. The molecule has 5 rings (SSSR count). The number of carbonyl (C=O) groups excluding carboxylic acids is 1. The van der Waals surface area contributed by atoms with Gasteiger partial charge in [-0.05, 0) is 43.2 Å². The summed E-state index contributed by atoms with van der Waals surface area (Å²) in [7, 11) is 0. The molecule has 7 heteroatoms. The number of nitrogens with one attached hydrogen (secondary N) is 1. The molecule has 1 saturated heterocycles. The Morgan fingerprint density at radius 2 is 1.84 bits per heavy atom. The van der Waals surface area contributed by atoms with E-state index in [9.17, 15) is 9.59 Å². The van der Waals surface area contributed by atoms with Gasteiger partial charge in [-0.3, -0.25) is 14.5 Å². The van der Waals surface area contributed by atoms with Gasteiger partial charge in [0.15, 0.2) is 0 Å². The number of piperazine rings is 1. The maximum Gasteiger partial charge on any atom is 0.259 e. The Labute approximate surface area is 185 Å². The third-order valence-electron chi connectivity index (χ3n) is 6.44. The molecule has 1 amide bonds. The van der Waals surface area contributed by atoms with Crippen LogP contribution in [0.5, 0.6) is 0 Å². The first-order chi connectivity index (χ1) is 15.2. The Hall–Kier alpha value is -2.51. The molecule has 31 heavy (non-hydrogen) atoms. The van der Waals surface area contributed by atoms with Crippen LogP contribution >= 0.6 is 11.3 Å². The number of hydrogen-bond donors (Lipinski definition) is 1. The summed E-state index contributed by atoms with van der Waals surface area (Å²) in [6.07, 6.45) is 5.78. The molecule has 1 fully saturated rings. The molecule has 3 aromatic rings. The number of aromatic nitrogens is 2. The van der Waals surface area contributed by atoms with Crippen molar-refractivity contribution in [3.05, 3.63) is 62.5 Å². The monoisotopic (exact) mass is 436 g/mol. The van der Waals surface area contributed by atoms with Crippen LogP contribution in [-0.4, -0.2) is 51.9 Å². The molecule has 1 aromatic carbocycles. The average molecular weight is 437 g/mol. The third-order valence-corrected chi connectivity index (χ3v) is 7.63. The molecule has 0 unspecified atom stereocenters. The Morgan fingerprint density at radius 1 is 1.06 bits per heavy atom. The summed E-state index contributed by atoms with van der Waals surface area (Å²) >= 11 is 1.70. The van der Waals surface area contributed by atoms with Crippen LogP contribution in [0.1, 0.15) is 41.1 Å². The van der Waals surface area contributed by atoms with Crippen molar-refractivity contribution in [3.8, 4) is 0 Å². The molecule has 0 spiro atoms. The fourth-order valence-electron chi connectivity index (χ4n) is 4.70. The van der Waals surface area contributed by atoms with Gasteiger partial charge in [0.2, 0.25) is 5.91 Å². The normalized spacial score (nSPS) is 17.1. The predicted molar refractivity (Wildman–Crippen MR) is 124 cm³/mol. The number of thiophene rings is 1. The molecule has 162 valence electrons. The minimum atomic E-state index is 0.00845. The number of aryl methyl sites for hydroxylation is 3. The van der Waals surface area contributed by atoms with E-state index in [0.717, 1.165) is 67.9 Å². The fourth-order valence-corrected chi connectivity index (χ4v) is 5.99. The molecule has 2 aliphatic rings. The van der Waals surface area contributed by atoms with Gasteiger partial charge in [-0.15, -0.1) is 11.3 Å². The highest BCUT2D eigenvalue weighted by Gasteiger charge is 2.23. The lowest BCUT2D eigenvalue weighted by Gasteiger charge is -2.34. The van der Waals surface area contributed by atoms with Gasteiger partial charge >= 0.3 is 0 Å². The number of benzene rings is 1. The van der Waals surface area contributed by atoms with Gasteiger partial charge in [0.1, 0.15) is 10.7 Å². The van der Waals surface area contributed by atoms with Crippen LogP contribution < -0.4 is 5.56 Å². The van der Waals surface area contributed by atoms with E-state index in [2.05, 4.69) is 22.0 Å². The molecule has 0 atom stereocenters. The first-order valence-electron chi connectivity index (χ1n) is 11.2. The van der Waals surface area contributed by atoms with Gasteiger partial charge < -0.3 is 9.88 Å². The number of fused-ring (bicyclic) bond motifs is 3. The summed E-state index contributed by atoms with van der Waals surface area (Å²) in [4.78, 5) is 39.6. The highest BCUT2D eigenvalue weighted by atomic mass is 32.1.